The van der Waals surface area contributed by atoms with Gasteiger partial charge in [0.05, 0.1) is 24.7 Å². The molecule has 0 atom stereocenters. The maximum Gasteiger partial charge on any atom is 0.264 e. The van der Waals surface area contributed by atoms with Gasteiger partial charge in [0.1, 0.15) is 24.0 Å². The number of ether oxygens (including phenoxy) is 1. The lowest BCUT2D eigenvalue weighted by Gasteiger charge is -2.11. The first-order valence-electron chi connectivity index (χ1n) is 9.42. The molecule has 4 rings (SSSR count). The molecule has 2 aromatic carbocycles. The van der Waals surface area contributed by atoms with E-state index in [0.717, 1.165) is 16.8 Å². The van der Waals surface area contributed by atoms with Crippen molar-refractivity contribution >= 4 is 22.6 Å². The van der Waals surface area contributed by atoms with E-state index in [1.165, 1.54) is 24.2 Å². The van der Waals surface area contributed by atoms with Gasteiger partial charge in [-0.3, -0.25) is 14.2 Å². The molecule has 0 fully saturated rings. The number of methoxy groups -OCH3 is 1. The Balaban J connectivity index is 1.64. The summed E-state index contributed by atoms with van der Waals surface area (Å²) < 4.78 is 8.15. The lowest BCUT2D eigenvalue weighted by atomic mass is 10.1. The molecule has 0 aliphatic carbocycles. The van der Waals surface area contributed by atoms with Crippen LogP contribution in [0.5, 0.6) is 5.75 Å². The molecule has 30 heavy (non-hydrogen) atoms. The van der Waals surface area contributed by atoms with Gasteiger partial charge in [-0.2, -0.15) is 5.10 Å². The average Bonchev–Trinajstić information content (AvgIpc) is 3.17. The van der Waals surface area contributed by atoms with Crippen molar-refractivity contribution in [3.63, 3.8) is 0 Å². The van der Waals surface area contributed by atoms with Crippen LogP contribution in [0.4, 0.5) is 5.69 Å². The number of hydrogen-bond donors (Lipinski definition) is 1. The highest BCUT2D eigenvalue weighted by Crippen LogP contribution is 2.23. The first-order valence-corrected chi connectivity index (χ1v) is 9.42. The number of fused-ring (bicyclic) bond motifs is 1. The van der Waals surface area contributed by atoms with Gasteiger partial charge in [-0.15, -0.1) is 0 Å². The molecule has 152 valence electrons. The number of para-hydroxylation sites is 2. The highest BCUT2D eigenvalue weighted by molar-refractivity contribution is 5.92. The lowest BCUT2D eigenvalue weighted by molar-refractivity contribution is -0.116. The second-order valence-electron chi connectivity index (χ2n) is 6.94. The number of carbonyl (C=O) groups excluding carboxylic acids is 1. The molecule has 0 unspecified atom stereocenters. The maximum absolute atomic E-state index is 12.9. The predicted octanol–water partition coefficient (Wildman–Crippen LogP) is 2.85. The highest BCUT2D eigenvalue weighted by Gasteiger charge is 2.15. The molecule has 1 amide bonds. The third kappa shape index (κ3) is 3.43. The molecule has 4 aromatic rings. The number of anilines is 1. The molecular formula is C22H21N5O3. The van der Waals surface area contributed by atoms with Gasteiger partial charge in [0.2, 0.25) is 5.91 Å². The van der Waals surface area contributed by atoms with E-state index in [0.29, 0.717) is 22.5 Å². The minimum absolute atomic E-state index is 0.172. The number of amides is 1. The summed E-state index contributed by atoms with van der Waals surface area (Å²) in [6, 6.07) is 13.0. The normalized spacial score (nSPS) is 10.9. The van der Waals surface area contributed by atoms with Gasteiger partial charge >= 0.3 is 0 Å². The summed E-state index contributed by atoms with van der Waals surface area (Å²) in [5, 5.41) is 7.47. The van der Waals surface area contributed by atoms with E-state index in [2.05, 4.69) is 15.4 Å². The third-order valence-corrected chi connectivity index (χ3v) is 5.05. The van der Waals surface area contributed by atoms with Crippen LogP contribution in [0.1, 0.15) is 11.1 Å². The van der Waals surface area contributed by atoms with Crippen LogP contribution in [-0.4, -0.2) is 32.3 Å². The zero-order valence-corrected chi connectivity index (χ0v) is 16.9. The summed E-state index contributed by atoms with van der Waals surface area (Å²) in [7, 11) is 1.53. The Kier molecular flexibility index (Phi) is 5.05. The largest absolute Gasteiger partial charge is 0.495 e. The minimum Gasteiger partial charge on any atom is -0.495 e. The van der Waals surface area contributed by atoms with Crippen LogP contribution in [0.2, 0.25) is 0 Å². The molecule has 0 aliphatic rings. The van der Waals surface area contributed by atoms with Gasteiger partial charge in [-0.05, 0) is 43.2 Å². The molecule has 0 radical (unpaired) electrons. The number of hydrogen-bond acceptors (Lipinski definition) is 5. The fraction of sp³-hybridized carbons (Fsp3) is 0.182. The van der Waals surface area contributed by atoms with Crippen LogP contribution in [0.25, 0.3) is 16.7 Å². The summed E-state index contributed by atoms with van der Waals surface area (Å²) in [6.07, 6.45) is 2.86. The number of carbonyl (C=O) groups is 1. The zero-order valence-electron chi connectivity index (χ0n) is 16.9. The van der Waals surface area contributed by atoms with Crippen molar-refractivity contribution in [2.75, 3.05) is 12.4 Å². The van der Waals surface area contributed by atoms with Gasteiger partial charge in [-0.1, -0.05) is 24.3 Å². The fourth-order valence-electron chi connectivity index (χ4n) is 3.29. The lowest BCUT2D eigenvalue weighted by Crippen LogP contribution is -2.28. The molecule has 0 saturated heterocycles. The number of aromatic nitrogens is 4. The van der Waals surface area contributed by atoms with Gasteiger partial charge in [0, 0.05) is 0 Å². The number of benzene rings is 2. The Labute approximate surface area is 172 Å². The van der Waals surface area contributed by atoms with E-state index >= 15 is 0 Å². The Morgan fingerprint density at radius 3 is 2.73 bits per heavy atom. The number of nitrogens with one attached hydrogen (secondary N) is 1. The molecule has 2 heterocycles. The van der Waals surface area contributed by atoms with E-state index in [4.69, 9.17) is 4.74 Å². The SMILES string of the molecule is COc1ccccc1NC(=O)Cn1cnc2c(cnn2-c2cccc(C)c2C)c1=O. The first kappa shape index (κ1) is 19.4. The predicted molar refractivity (Wildman–Crippen MR) is 114 cm³/mol. The van der Waals surface area contributed by atoms with Crippen molar-refractivity contribution in [2.45, 2.75) is 20.4 Å². The molecule has 0 saturated carbocycles. The molecule has 8 heteroatoms. The minimum atomic E-state index is -0.357. The van der Waals surface area contributed by atoms with Crippen molar-refractivity contribution in [3.8, 4) is 11.4 Å². The fourth-order valence-corrected chi connectivity index (χ4v) is 3.29. The van der Waals surface area contributed by atoms with Crippen LogP contribution in [0, 0.1) is 13.8 Å². The smallest absolute Gasteiger partial charge is 0.264 e. The van der Waals surface area contributed by atoms with Gasteiger partial charge in [0.15, 0.2) is 5.65 Å². The molecular weight excluding hydrogens is 382 g/mol. The van der Waals surface area contributed by atoms with Gasteiger partial charge < -0.3 is 10.1 Å². The van der Waals surface area contributed by atoms with Crippen molar-refractivity contribution in [1.82, 2.24) is 19.3 Å². The third-order valence-electron chi connectivity index (χ3n) is 5.05. The molecule has 2 aromatic heterocycles. The summed E-state index contributed by atoms with van der Waals surface area (Å²) in [5.41, 5.74) is 3.71. The molecule has 0 aliphatic heterocycles. The maximum atomic E-state index is 12.9. The van der Waals surface area contributed by atoms with E-state index < -0.39 is 0 Å². The van der Waals surface area contributed by atoms with Crippen LogP contribution >= 0.6 is 0 Å². The van der Waals surface area contributed by atoms with Crippen LogP contribution in [-0.2, 0) is 11.3 Å². The van der Waals surface area contributed by atoms with Crippen molar-refractivity contribution in [3.05, 3.63) is 76.5 Å². The summed E-state index contributed by atoms with van der Waals surface area (Å²) in [6.45, 7) is 3.85. The summed E-state index contributed by atoms with van der Waals surface area (Å²) in [4.78, 5) is 29.8. The van der Waals surface area contributed by atoms with E-state index in [1.54, 1.807) is 22.9 Å². The highest BCUT2D eigenvalue weighted by atomic mass is 16.5. The number of nitrogens with zero attached hydrogens (tertiary/aromatic N) is 4. The Morgan fingerprint density at radius 2 is 1.93 bits per heavy atom. The quantitative estimate of drug-likeness (QED) is 0.553. The van der Waals surface area contributed by atoms with E-state index in [9.17, 15) is 9.59 Å². The van der Waals surface area contributed by atoms with E-state index in [1.807, 2.05) is 38.1 Å². The second kappa shape index (κ2) is 7.82. The first-order chi connectivity index (χ1) is 14.5. The second-order valence-corrected chi connectivity index (χ2v) is 6.94. The van der Waals surface area contributed by atoms with Gasteiger partial charge in [0.25, 0.3) is 5.56 Å². The number of aryl methyl sites for hydroxylation is 1. The zero-order chi connectivity index (χ0) is 21.3. The van der Waals surface area contributed by atoms with Crippen LogP contribution < -0.4 is 15.6 Å². The van der Waals surface area contributed by atoms with Crippen molar-refractivity contribution < 1.29 is 9.53 Å². The Morgan fingerprint density at radius 1 is 1.13 bits per heavy atom. The van der Waals surface area contributed by atoms with Gasteiger partial charge in [-0.25, -0.2) is 9.67 Å². The Hall–Kier alpha value is -3.94. The Bertz CT molecular complexity index is 1310. The monoisotopic (exact) mass is 403 g/mol. The van der Waals surface area contributed by atoms with Crippen molar-refractivity contribution in [1.29, 1.82) is 0 Å². The molecule has 8 nitrogen and oxygen atoms in total. The number of rotatable bonds is 5. The molecule has 0 spiro atoms. The summed E-state index contributed by atoms with van der Waals surface area (Å²) >= 11 is 0. The topological polar surface area (TPSA) is 91.0 Å². The standard InChI is InChI=1S/C22H21N5O3/c1-14-7-6-9-18(15(14)2)27-21-16(11-24-27)22(29)26(13-23-21)12-20(28)25-17-8-4-5-10-19(17)30-3/h4-11,13H,12H2,1-3H3,(H,25,28). The van der Waals surface area contributed by atoms with Crippen LogP contribution in [0.3, 0.4) is 0 Å². The van der Waals surface area contributed by atoms with E-state index in [-0.39, 0.29) is 18.0 Å². The molecule has 0 bridgehead atoms. The average molecular weight is 403 g/mol. The summed E-state index contributed by atoms with van der Waals surface area (Å²) in [5.74, 6) is 0.186. The molecule has 1 N–H and O–H groups in total. The van der Waals surface area contributed by atoms with Crippen molar-refractivity contribution in [2.24, 2.45) is 0 Å². The van der Waals surface area contributed by atoms with Crippen LogP contribution in [0.15, 0.2) is 59.8 Å².